The van der Waals surface area contributed by atoms with Crippen LogP contribution in [0.1, 0.15) is 43.3 Å². The number of furan rings is 1. The Labute approximate surface area is 187 Å². The molecule has 2 saturated heterocycles. The Bertz CT molecular complexity index is 1050. The van der Waals surface area contributed by atoms with Gasteiger partial charge in [-0.3, -0.25) is 9.59 Å². The molecule has 0 spiro atoms. The summed E-state index contributed by atoms with van der Waals surface area (Å²) in [6.45, 7) is 6.36. The molecule has 2 aromatic heterocycles. The molecule has 4 heterocycles. The van der Waals surface area contributed by atoms with Gasteiger partial charge in [0.2, 0.25) is 5.91 Å². The molecule has 0 unspecified atom stereocenters. The van der Waals surface area contributed by atoms with E-state index in [1.165, 1.54) is 16.9 Å². The summed E-state index contributed by atoms with van der Waals surface area (Å²) in [4.78, 5) is 32.9. The number of imidazole rings is 1. The molecule has 0 N–H and O–H groups in total. The average molecular weight is 464 g/mol. The molecule has 2 aromatic rings. The standard InChI is InChI=1S/C21H29N5O5S/c1-16(2)25-14-19(22-15-25)32(29,30)26-7-5-17(6-8-26)20(27)23-9-11-24(12-10-23)21(28)18-4-3-13-31-18/h3-4,13-17H,5-12H2,1-2H3. The zero-order valence-electron chi connectivity index (χ0n) is 18.4. The first-order valence-electron chi connectivity index (χ1n) is 10.9. The molecule has 0 bridgehead atoms. The van der Waals surface area contributed by atoms with Crippen molar-refractivity contribution in [2.45, 2.75) is 37.8 Å². The van der Waals surface area contributed by atoms with E-state index in [9.17, 15) is 18.0 Å². The van der Waals surface area contributed by atoms with Gasteiger partial charge in [0.05, 0.1) is 12.6 Å². The number of nitrogens with zero attached hydrogens (tertiary/aromatic N) is 5. The monoisotopic (exact) mass is 463 g/mol. The lowest BCUT2D eigenvalue weighted by atomic mass is 9.96. The highest BCUT2D eigenvalue weighted by atomic mass is 32.2. The molecule has 0 radical (unpaired) electrons. The van der Waals surface area contributed by atoms with Gasteiger partial charge in [-0.2, -0.15) is 4.31 Å². The van der Waals surface area contributed by atoms with E-state index in [0.29, 0.717) is 57.9 Å². The van der Waals surface area contributed by atoms with E-state index in [-0.39, 0.29) is 28.8 Å². The van der Waals surface area contributed by atoms with Crippen LogP contribution in [0.2, 0.25) is 0 Å². The number of piperazine rings is 1. The minimum absolute atomic E-state index is 0.0382. The number of rotatable bonds is 5. The SMILES string of the molecule is CC(C)n1cnc(S(=O)(=O)N2CCC(C(=O)N3CCN(C(=O)c4ccco4)CC3)CC2)c1. The molecule has 0 aliphatic carbocycles. The molecule has 0 atom stereocenters. The maximum atomic E-state index is 13.0. The van der Waals surface area contributed by atoms with E-state index in [4.69, 9.17) is 4.42 Å². The van der Waals surface area contributed by atoms with Crippen molar-refractivity contribution in [2.24, 2.45) is 5.92 Å². The lowest BCUT2D eigenvalue weighted by Gasteiger charge is -2.38. The van der Waals surface area contributed by atoms with Crippen molar-refractivity contribution in [3.05, 3.63) is 36.7 Å². The van der Waals surface area contributed by atoms with Crippen molar-refractivity contribution in [3.63, 3.8) is 0 Å². The predicted octanol–water partition coefficient (Wildman–Crippen LogP) is 1.44. The highest BCUT2D eigenvalue weighted by molar-refractivity contribution is 7.89. The first kappa shape index (κ1) is 22.5. The van der Waals surface area contributed by atoms with Crippen LogP contribution in [0.4, 0.5) is 0 Å². The van der Waals surface area contributed by atoms with Crippen molar-refractivity contribution in [1.29, 1.82) is 0 Å². The minimum Gasteiger partial charge on any atom is -0.459 e. The summed E-state index contributed by atoms with van der Waals surface area (Å²) < 4.78 is 34.2. The molecular formula is C21H29N5O5S. The van der Waals surface area contributed by atoms with E-state index in [1.54, 1.807) is 32.7 Å². The largest absolute Gasteiger partial charge is 0.459 e. The maximum Gasteiger partial charge on any atom is 0.289 e. The van der Waals surface area contributed by atoms with E-state index in [0.717, 1.165) is 0 Å². The van der Waals surface area contributed by atoms with Gasteiger partial charge < -0.3 is 18.8 Å². The average Bonchev–Trinajstić information content (AvgIpc) is 3.51. The summed E-state index contributed by atoms with van der Waals surface area (Å²) in [7, 11) is -3.66. The molecule has 2 fully saturated rings. The smallest absolute Gasteiger partial charge is 0.289 e. The van der Waals surface area contributed by atoms with Crippen LogP contribution >= 0.6 is 0 Å². The summed E-state index contributed by atoms with van der Waals surface area (Å²) in [5.74, 6) is -0.0321. The molecule has 2 amide bonds. The van der Waals surface area contributed by atoms with E-state index in [2.05, 4.69) is 4.98 Å². The molecule has 2 aliphatic heterocycles. The van der Waals surface area contributed by atoms with Crippen LogP contribution in [-0.2, 0) is 14.8 Å². The Kier molecular flexibility index (Phi) is 6.38. The fourth-order valence-corrected chi connectivity index (χ4v) is 5.54. The van der Waals surface area contributed by atoms with Crippen LogP contribution in [0.25, 0.3) is 0 Å². The van der Waals surface area contributed by atoms with Gasteiger partial charge in [-0.05, 0) is 38.8 Å². The first-order chi connectivity index (χ1) is 15.3. The van der Waals surface area contributed by atoms with Gasteiger partial charge in [-0.1, -0.05) is 0 Å². The lowest BCUT2D eigenvalue weighted by Crippen LogP contribution is -2.53. The maximum absolute atomic E-state index is 13.0. The van der Waals surface area contributed by atoms with Crippen LogP contribution in [0.3, 0.4) is 0 Å². The van der Waals surface area contributed by atoms with Crippen LogP contribution in [0, 0.1) is 5.92 Å². The van der Waals surface area contributed by atoms with Gasteiger partial charge in [-0.25, -0.2) is 13.4 Å². The zero-order valence-corrected chi connectivity index (χ0v) is 19.2. The van der Waals surface area contributed by atoms with Gasteiger partial charge in [0.1, 0.15) is 0 Å². The van der Waals surface area contributed by atoms with E-state index >= 15 is 0 Å². The second-order valence-corrected chi connectivity index (χ2v) is 10.4. The number of hydrogen-bond acceptors (Lipinski definition) is 6. The number of hydrogen-bond donors (Lipinski definition) is 0. The second-order valence-electron chi connectivity index (χ2n) is 8.53. The summed E-state index contributed by atoms with van der Waals surface area (Å²) in [5, 5.41) is 0.0494. The van der Waals surface area contributed by atoms with Crippen molar-refractivity contribution < 1.29 is 22.4 Å². The van der Waals surface area contributed by atoms with Crippen LogP contribution in [-0.4, -0.2) is 83.2 Å². The number of amides is 2. The third-order valence-corrected chi connectivity index (χ3v) is 7.98. The molecule has 4 rings (SSSR count). The number of sulfonamides is 1. The normalized spacial score (nSPS) is 19.0. The molecule has 32 heavy (non-hydrogen) atoms. The Morgan fingerprint density at radius 3 is 2.28 bits per heavy atom. The van der Waals surface area contributed by atoms with Crippen molar-refractivity contribution in [2.75, 3.05) is 39.3 Å². The fourth-order valence-electron chi connectivity index (χ4n) is 4.15. The third kappa shape index (κ3) is 4.44. The molecule has 0 aromatic carbocycles. The highest BCUT2D eigenvalue weighted by Gasteiger charge is 2.36. The summed E-state index contributed by atoms with van der Waals surface area (Å²) in [6, 6.07) is 3.44. The van der Waals surface area contributed by atoms with Crippen molar-refractivity contribution >= 4 is 21.8 Å². The van der Waals surface area contributed by atoms with Gasteiger partial charge in [0, 0.05) is 57.4 Å². The first-order valence-corrected chi connectivity index (χ1v) is 12.4. The third-order valence-electron chi connectivity index (χ3n) is 6.19. The van der Waals surface area contributed by atoms with Crippen molar-refractivity contribution in [1.82, 2.24) is 23.7 Å². The van der Waals surface area contributed by atoms with Crippen LogP contribution in [0.15, 0.2) is 40.4 Å². The Balaban J connectivity index is 1.29. The zero-order chi connectivity index (χ0) is 22.9. The summed E-state index contributed by atoms with van der Waals surface area (Å²) in [5.41, 5.74) is 0. The lowest BCUT2D eigenvalue weighted by molar-refractivity contribution is -0.138. The van der Waals surface area contributed by atoms with Gasteiger partial charge in [0.15, 0.2) is 10.8 Å². The Morgan fingerprint density at radius 2 is 1.72 bits per heavy atom. The second kappa shape index (κ2) is 9.07. The topological polar surface area (TPSA) is 109 Å². The van der Waals surface area contributed by atoms with Gasteiger partial charge >= 0.3 is 0 Å². The van der Waals surface area contributed by atoms with E-state index < -0.39 is 10.0 Å². The number of aromatic nitrogens is 2. The molecule has 11 heteroatoms. The summed E-state index contributed by atoms with van der Waals surface area (Å²) >= 11 is 0. The van der Waals surface area contributed by atoms with Crippen LogP contribution in [0.5, 0.6) is 0 Å². The summed E-state index contributed by atoms with van der Waals surface area (Å²) in [6.07, 6.45) is 5.52. The Hall–Kier alpha value is -2.66. The van der Waals surface area contributed by atoms with Crippen LogP contribution < -0.4 is 0 Å². The molecule has 0 saturated carbocycles. The number of carbonyl (C=O) groups is 2. The quantitative estimate of drug-likeness (QED) is 0.664. The van der Waals surface area contributed by atoms with Crippen molar-refractivity contribution in [3.8, 4) is 0 Å². The molecular weight excluding hydrogens is 434 g/mol. The number of piperidine rings is 1. The Morgan fingerprint density at radius 1 is 1.06 bits per heavy atom. The van der Waals surface area contributed by atoms with E-state index in [1.807, 2.05) is 13.8 Å². The van der Waals surface area contributed by atoms with Gasteiger partial charge in [0.25, 0.3) is 15.9 Å². The predicted molar refractivity (Wildman–Crippen MR) is 115 cm³/mol. The molecule has 10 nitrogen and oxygen atoms in total. The molecule has 174 valence electrons. The molecule has 2 aliphatic rings. The number of carbonyl (C=O) groups excluding carboxylic acids is 2. The van der Waals surface area contributed by atoms with Gasteiger partial charge in [-0.15, -0.1) is 0 Å². The minimum atomic E-state index is -3.66. The highest BCUT2D eigenvalue weighted by Crippen LogP contribution is 2.25. The fraction of sp³-hybridized carbons (Fsp3) is 0.571.